The zero-order valence-corrected chi connectivity index (χ0v) is 7.73. The highest BCUT2D eigenvalue weighted by Gasteiger charge is 2.09. The fraction of sp³-hybridized carbons (Fsp3) is 0.222. The van der Waals surface area contributed by atoms with Crippen LogP contribution in [0, 0.1) is 17.1 Å². The van der Waals surface area contributed by atoms with Crippen molar-refractivity contribution in [3.05, 3.63) is 28.5 Å². The summed E-state index contributed by atoms with van der Waals surface area (Å²) in [7, 11) is 1.43. The molecule has 0 amide bonds. The predicted molar refractivity (Wildman–Crippen MR) is 47.3 cm³/mol. The van der Waals surface area contributed by atoms with Gasteiger partial charge in [-0.25, -0.2) is 4.39 Å². The van der Waals surface area contributed by atoms with E-state index < -0.39 is 5.82 Å². The van der Waals surface area contributed by atoms with Crippen LogP contribution in [0.15, 0.2) is 12.1 Å². The second kappa shape index (κ2) is 4.11. The molecule has 1 aromatic rings. The molecule has 0 unspecified atom stereocenters. The zero-order valence-electron chi connectivity index (χ0n) is 6.97. The van der Waals surface area contributed by atoms with E-state index in [0.29, 0.717) is 5.75 Å². The number of hydrogen-bond acceptors (Lipinski definition) is 2. The summed E-state index contributed by atoms with van der Waals surface area (Å²) in [6, 6.07) is 4.53. The summed E-state index contributed by atoms with van der Waals surface area (Å²) in [6.07, 6.45) is -0.0331. The Morgan fingerprint density at radius 2 is 2.31 bits per heavy atom. The van der Waals surface area contributed by atoms with Crippen molar-refractivity contribution in [1.82, 2.24) is 0 Å². The Hall–Kier alpha value is -1.27. The predicted octanol–water partition coefficient (Wildman–Crippen LogP) is 2.55. The first-order valence-corrected chi connectivity index (χ1v) is 3.95. The Labute approximate surface area is 80.5 Å². The number of halogens is 2. The molecule has 1 rings (SSSR count). The highest BCUT2D eigenvalue weighted by Crippen LogP contribution is 2.25. The van der Waals surface area contributed by atoms with Gasteiger partial charge in [0.05, 0.1) is 24.6 Å². The van der Waals surface area contributed by atoms with Crippen molar-refractivity contribution in [2.45, 2.75) is 6.42 Å². The van der Waals surface area contributed by atoms with Crippen LogP contribution >= 0.6 is 11.6 Å². The molecule has 0 radical (unpaired) electrons. The summed E-state index contributed by atoms with van der Waals surface area (Å²) in [6.45, 7) is 0. The van der Waals surface area contributed by atoms with Crippen LogP contribution < -0.4 is 4.74 Å². The molecule has 0 atom stereocenters. The van der Waals surface area contributed by atoms with Gasteiger partial charge in [-0.3, -0.25) is 0 Å². The number of hydrogen-bond donors (Lipinski definition) is 0. The van der Waals surface area contributed by atoms with Crippen molar-refractivity contribution in [3.63, 3.8) is 0 Å². The second-order valence-electron chi connectivity index (χ2n) is 2.40. The summed E-state index contributed by atoms with van der Waals surface area (Å²) in [5.74, 6) is -0.157. The molecule has 13 heavy (non-hydrogen) atoms. The lowest BCUT2D eigenvalue weighted by Crippen LogP contribution is -1.92. The van der Waals surface area contributed by atoms with E-state index >= 15 is 0 Å². The highest BCUT2D eigenvalue weighted by molar-refractivity contribution is 6.31. The lowest BCUT2D eigenvalue weighted by Gasteiger charge is -2.04. The third-order valence-electron chi connectivity index (χ3n) is 1.61. The van der Waals surface area contributed by atoms with Crippen molar-refractivity contribution in [3.8, 4) is 11.8 Å². The normalized spacial score (nSPS) is 9.38. The van der Waals surface area contributed by atoms with E-state index in [-0.39, 0.29) is 17.0 Å². The molecule has 1 aromatic carbocycles. The van der Waals surface area contributed by atoms with Crippen LogP contribution in [0.2, 0.25) is 5.02 Å². The van der Waals surface area contributed by atoms with Gasteiger partial charge in [-0.15, -0.1) is 0 Å². The molecule has 0 heterocycles. The number of nitriles is 1. The van der Waals surface area contributed by atoms with Crippen LogP contribution in [0.1, 0.15) is 5.56 Å². The summed E-state index contributed by atoms with van der Waals surface area (Å²) >= 11 is 5.72. The molecule has 4 heteroatoms. The van der Waals surface area contributed by atoms with Gasteiger partial charge in [-0.2, -0.15) is 5.26 Å². The largest absolute Gasteiger partial charge is 0.497 e. The molecular weight excluding hydrogens is 193 g/mol. The summed E-state index contributed by atoms with van der Waals surface area (Å²) in [4.78, 5) is 0. The molecule has 0 fully saturated rings. The Kier molecular flexibility index (Phi) is 3.10. The van der Waals surface area contributed by atoms with Crippen LogP contribution in [0.25, 0.3) is 0 Å². The number of benzene rings is 1. The van der Waals surface area contributed by atoms with E-state index in [1.807, 2.05) is 6.07 Å². The third kappa shape index (κ3) is 2.10. The van der Waals surface area contributed by atoms with Crippen LogP contribution in [-0.2, 0) is 6.42 Å². The first-order chi connectivity index (χ1) is 6.19. The van der Waals surface area contributed by atoms with Crippen LogP contribution in [-0.4, -0.2) is 7.11 Å². The molecule has 0 aliphatic heterocycles. The molecule has 0 aliphatic carbocycles. The molecule has 0 saturated heterocycles. The van der Waals surface area contributed by atoms with E-state index in [0.717, 1.165) is 0 Å². The second-order valence-corrected chi connectivity index (χ2v) is 2.81. The van der Waals surface area contributed by atoms with Gasteiger partial charge in [-0.1, -0.05) is 11.6 Å². The monoisotopic (exact) mass is 199 g/mol. The number of rotatable bonds is 2. The van der Waals surface area contributed by atoms with E-state index in [9.17, 15) is 4.39 Å². The molecule has 68 valence electrons. The number of ether oxygens (including phenoxy) is 1. The molecule has 0 aliphatic rings. The summed E-state index contributed by atoms with van der Waals surface area (Å²) in [5.41, 5.74) is 0.213. The maximum Gasteiger partial charge on any atom is 0.132 e. The smallest absolute Gasteiger partial charge is 0.132 e. The number of nitrogens with zero attached hydrogens (tertiary/aromatic N) is 1. The van der Waals surface area contributed by atoms with E-state index in [1.54, 1.807) is 0 Å². The first kappa shape index (κ1) is 9.82. The maximum absolute atomic E-state index is 13.2. The summed E-state index contributed by atoms with van der Waals surface area (Å²) in [5, 5.41) is 8.61. The fourth-order valence-electron chi connectivity index (χ4n) is 0.946. The van der Waals surface area contributed by atoms with Gasteiger partial charge in [0, 0.05) is 11.6 Å². The molecule has 0 saturated carbocycles. The fourth-order valence-corrected chi connectivity index (χ4v) is 1.21. The van der Waals surface area contributed by atoms with Gasteiger partial charge in [-0.05, 0) is 6.07 Å². The Morgan fingerprint density at radius 3 is 2.77 bits per heavy atom. The van der Waals surface area contributed by atoms with Crippen LogP contribution in [0.3, 0.4) is 0 Å². The Morgan fingerprint density at radius 1 is 1.62 bits per heavy atom. The van der Waals surface area contributed by atoms with E-state index in [2.05, 4.69) is 0 Å². The average Bonchev–Trinajstić information content (AvgIpc) is 2.11. The van der Waals surface area contributed by atoms with Gasteiger partial charge >= 0.3 is 0 Å². The molecule has 2 nitrogen and oxygen atoms in total. The maximum atomic E-state index is 13.2. The minimum atomic E-state index is -0.508. The van der Waals surface area contributed by atoms with Crippen LogP contribution in [0.4, 0.5) is 4.39 Å². The number of methoxy groups -OCH3 is 1. The molecule has 0 aromatic heterocycles. The zero-order chi connectivity index (χ0) is 9.84. The molecule has 0 bridgehead atoms. The Balaban J connectivity index is 3.16. The van der Waals surface area contributed by atoms with E-state index in [4.69, 9.17) is 21.6 Å². The van der Waals surface area contributed by atoms with Crippen molar-refractivity contribution < 1.29 is 9.13 Å². The SMILES string of the molecule is COc1cc(F)c(CC#N)c(Cl)c1. The standard InChI is InChI=1S/C9H7ClFNO/c1-13-6-4-8(10)7(2-3-12)9(11)5-6/h4-5H,2H2,1H3. The van der Waals surface area contributed by atoms with Gasteiger partial charge in [0.2, 0.25) is 0 Å². The Bertz CT molecular complexity index is 336. The van der Waals surface area contributed by atoms with Crippen molar-refractivity contribution >= 4 is 11.6 Å². The lowest BCUT2D eigenvalue weighted by molar-refractivity contribution is 0.411. The van der Waals surface area contributed by atoms with Gasteiger partial charge in [0.15, 0.2) is 0 Å². The van der Waals surface area contributed by atoms with E-state index in [1.165, 1.54) is 19.2 Å². The molecule has 0 spiro atoms. The van der Waals surface area contributed by atoms with Gasteiger partial charge in [0.1, 0.15) is 11.6 Å². The molecular formula is C9H7ClFNO. The minimum absolute atomic E-state index is 0.0331. The quantitative estimate of drug-likeness (QED) is 0.734. The van der Waals surface area contributed by atoms with Crippen LogP contribution in [0.5, 0.6) is 5.75 Å². The average molecular weight is 200 g/mol. The van der Waals surface area contributed by atoms with Crippen molar-refractivity contribution in [2.24, 2.45) is 0 Å². The third-order valence-corrected chi connectivity index (χ3v) is 1.94. The first-order valence-electron chi connectivity index (χ1n) is 3.58. The van der Waals surface area contributed by atoms with Gasteiger partial charge < -0.3 is 4.74 Å². The highest BCUT2D eigenvalue weighted by atomic mass is 35.5. The molecule has 0 N–H and O–H groups in total. The van der Waals surface area contributed by atoms with Crippen molar-refractivity contribution in [1.29, 1.82) is 5.26 Å². The lowest BCUT2D eigenvalue weighted by atomic mass is 10.1. The topological polar surface area (TPSA) is 33.0 Å². The van der Waals surface area contributed by atoms with Gasteiger partial charge in [0.25, 0.3) is 0 Å². The minimum Gasteiger partial charge on any atom is -0.497 e. The summed E-state index contributed by atoms with van der Waals surface area (Å²) < 4.78 is 18.0. The van der Waals surface area contributed by atoms with Crippen molar-refractivity contribution in [2.75, 3.05) is 7.11 Å².